The Labute approximate surface area is 222 Å². The maximum Gasteiger partial charge on any atom is 0.328 e. The van der Waals surface area contributed by atoms with E-state index in [4.69, 9.17) is 9.47 Å². The molecule has 0 saturated heterocycles. The summed E-state index contributed by atoms with van der Waals surface area (Å²) in [7, 11) is 2.83. The van der Waals surface area contributed by atoms with Crippen molar-refractivity contribution in [1.82, 2.24) is 16.0 Å². The van der Waals surface area contributed by atoms with E-state index in [-0.39, 0.29) is 30.7 Å². The van der Waals surface area contributed by atoms with Crippen LogP contribution in [-0.4, -0.2) is 68.5 Å². The average Bonchev–Trinajstić information content (AvgIpc) is 2.92. The van der Waals surface area contributed by atoms with Gasteiger partial charge < -0.3 is 25.4 Å². The van der Waals surface area contributed by atoms with Crippen LogP contribution in [0.15, 0.2) is 54.6 Å². The molecule has 0 unspecified atom stereocenters. The molecule has 37 heavy (non-hydrogen) atoms. The van der Waals surface area contributed by atoms with E-state index in [2.05, 4.69) is 16.0 Å². The molecular formula is C27H35N3O6S. The molecule has 10 heteroatoms. The number of hydrogen-bond donors (Lipinski definition) is 3. The Morgan fingerprint density at radius 1 is 0.919 bits per heavy atom. The van der Waals surface area contributed by atoms with Crippen LogP contribution in [0, 0.1) is 0 Å². The van der Waals surface area contributed by atoms with E-state index in [0.717, 1.165) is 5.56 Å². The van der Waals surface area contributed by atoms with Gasteiger partial charge in [0.1, 0.15) is 17.8 Å². The highest BCUT2D eigenvalue weighted by Gasteiger charge is 2.23. The van der Waals surface area contributed by atoms with Gasteiger partial charge in [-0.1, -0.05) is 30.3 Å². The maximum atomic E-state index is 13.0. The first kappa shape index (κ1) is 29.7. The predicted molar refractivity (Wildman–Crippen MR) is 144 cm³/mol. The highest BCUT2D eigenvalue weighted by atomic mass is 32.2. The first-order chi connectivity index (χ1) is 17.9. The summed E-state index contributed by atoms with van der Waals surface area (Å²) < 4.78 is 9.88. The molecule has 0 aliphatic heterocycles. The Hall–Kier alpha value is -3.53. The van der Waals surface area contributed by atoms with E-state index >= 15 is 0 Å². The van der Waals surface area contributed by atoms with Crippen LogP contribution in [-0.2, 0) is 25.5 Å². The number of carbonyl (C=O) groups excluding carboxylic acids is 4. The Morgan fingerprint density at radius 2 is 1.62 bits per heavy atom. The van der Waals surface area contributed by atoms with E-state index in [1.807, 2.05) is 36.6 Å². The van der Waals surface area contributed by atoms with Crippen LogP contribution in [0.1, 0.15) is 35.2 Å². The molecule has 2 aromatic carbocycles. The number of esters is 1. The fraction of sp³-hybridized carbons (Fsp3) is 0.407. The number of carbonyl (C=O) groups is 4. The van der Waals surface area contributed by atoms with E-state index in [1.165, 1.54) is 7.11 Å². The van der Waals surface area contributed by atoms with Crippen LogP contribution < -0.4 is 20.7 Å². The third-order valence-electron chi connectivity index (χ3n) is 5.57. The lowest BCUT2D eigenvalue weighted by Gasteiger charge is -2.19. The predicted octanol–water partition coefficient (Wildman–Crippen LogP) is 2.34. The fourth-order valence-electron chi connectivity index (χ4n) is 3.52. The van der Waals surface area contributed by atoms with Crippen LogP contribution in [0.25, 0.3) is 0 Å². The van der Waals surface area contributed by atoms with E-state index in [1.54, 1.807) is 43.1 Å². The molecule has 0 spiro atoms. The molecule has 0 radical (unpaired) electrons. The van der Waals surface area contributed by atoms with Crippen molar-refractivity contribution in [3.63, 3.8) is 0 Å². The van der Waals surface area contributed by atoms with Crippen LogP contribution in [0.2, 0.25) is 0 Å². The summed E-state index contributed by atoms with van der Waals surface area (Å²) in [4.78, 5) is 50.0. The molecule has 0 aliphatic rings. The molecule has 0 fully saturated rings. The minimum absolute atomic E-state index is 0.134. The zero-order valence-corrected chi connectivity index (χ0v) is 22.3. The van der Waals surface area contributed by atoms with Crippen molar-refractivity contribution in [2.24, 2.45) is 0 Å². The van der Waals surface area contributed by atoms with Gasteiger partial charge in [0, 0.05) is 24.9 Å². The Kier molecular flexibility index (Phi) is 13.1. The molecule has 200 valence electrons. The molecule has 3 amide bonds. The lowest BCUT2D eigenvalue weighted by molar-refractivity contribution is -0.145. The zero-order chi connectivity index (χ0) is 27.0. The van der Waals surface area contributed by atoms with Crippen LogP contribution in [0.4, 0.5) is 0 Å². The third kappa shape index (κ3) is 10.5. The quantitative estimate of drug-likeness (QED) is 0.239. The van der Waals surface area contributed by atoms with Gasteiger partial charge in [-0.05, 0) is 54.7 Å². The molecular weight excluding hydrogens is 494 g/mol. The van der Waals surface area contributed by atoms with Gasteiger partial charge in [-0.3, -0.25) is 14.4 Å². The molecule has 2 aromatic rings. The smallest absolute Gasteiger partial charge is 0.328 e. The summed E-state index contributed by atoms with van der Waals surface area (Å²) in [6, 6.07) is 14.5. The SMILES string of the molecule is COC(=O)[C@H](CCSC)NC(=O)CCCNC(=O)[C@H](Cc1ccccc1)NC(=O)c1ccc(OC)cc1. The van der Waals surface area contributed by atoms with Gasteiger partial charge >= 0.3 is 5.97 Å². The molecule has 0 heterocycles. The van der Waals surface area contributed by atoms with Crippen LogP contribution in [0.5, 0.6) is 5.75 Å². The lowest BCUT2D eigenvalue weighted by atomic mass is 10.0. The minimum atomic E-state index is -0.805. The number of methoxy groups -OCH3 is 2. The summed E-state index contributed by atoms with van der Waals surface area (Å²) in [5.41, 5.74) is 1.31. The Bertz CT molecular complexity index is 1020. The van der Waals surface area contributed by atoms with E-state index < -0.39 is 18.1 Å². The van der Waals surface area contributed by atoms with Gasteiger partial charge in [0.25, 0.3) is 5.91 Å². The maximum absolute atomic E-state index is 13.0. The van der Waals surface area contributed by atoms with Gasteiger partial charge in [0.2, 0.25) is 11.8 Å². The van der Waals surface area contributed by atoms with Crippen molar-refractivity contribution in [3.8, 4) is 5.75 Å². The summed E-state index contributed by atoms with van der Waals surface area (Å²) >= 11 is 1.57. The molecule has 0 bridgehead atoms. The van der Waals surface area contributed by atoms with Gasteiger partial charge in [-0.15, -0.1) is 0 Å². The highest BCUT2D eigenvalue weighted by Crippen LogP contribution is 2.12. The second kappa shape index (κ2) is 16.3. The second-order valence-electron chi connectivity index (χ2n) is 8.26. The largest absolute Gasteiger partial charge is 0.497 e. The van der Waals surface area contributed by atoms with Gasteiger partial charge in [0.05, 0.1) is 14.2 Å². The number of rotatable bonds is 15. The molecule has 2 atom stereocenters. The monoisotopic (exact) mass is 529 g/mol. The number of benzene rings is 2. The Balaban J connectivity index is 1.92. The zero-order valence-electron chi connectivity index (χ0n) is 21.5. The lowest BCUT2D eigenvalue weighted by Crippen LogP contribution is -2.48. The van der Waals surface area contributed by atoms with Crippen LogP contribution in [0.3, 0.4) is 0 Å². The minimum Gasteiger partial charge on any atom is -0.497 e. The fourth-order valence-corrected chi connectivity index (χ4v) is 3.99. The normalized spacial score (nSPS) is 12.1. The number of ether oxygens (including phenoxy) is 2. The van der Waals surface area contributed by atoms with Gasteiger partial charge in [-0.25, -0.2) is 4.79 Å². The average molecular weight is 530 g/mol. The second-order valence-corrected chi connectivity index (χ2v) is 9.25. The van der Waals surface area contributed by atoms with Crippen molar-refractivity contribution in [2.75, 3.05) is 32.8 Å². The molecule has 2 rings (SSSR count). The van der Waals surface area contributed by atoms with Gasteiger partial charge in [-0.2, -0.15) is 11.8 Å². The van der Waals surface area contributed by atoms with Crippen molar-refractivity contribution in [1.29, 1.82) is 0 Å². The first-order valence-electron chi connectivity index (χ1n) is 12.0. The topological polar surface area (TPSA) is 123 Å². The first-order valence-corrected chi connectivity index (χ1v) is 13.4. The van der Waals surface area contributed by atoms with Gasteiger partial charge in [0.15, 0.2) is 0 Å². The number of thioether (sulfide) groups is 1. The number of hydrogen-bond acceptors (Lipinski definition) is 7. The van der Waals surface area contributed by atoms with E-state index in [0.29, 0.717) is 36.3 Å². The third-order valence-corrected chi connectivity index (χ3v) is 6.21. The standard InChI is InChI=1S/C27H35N3O6S/c1-35-21-13-11-20(12-14-21)25(32)30-23(18-19-8-5-4-6-9-19)26(33)28-16-7-10-24(31)29-22(15-17-37-3)27(34)36-2/h4-6,8-9,11-14,22-23H,7,10,15-18H2,1-3H3,(H,28,33)(H,29,31)(H,30,32)/t22-,23-/m0/s1. The molecule has 3 N–H and O–H groups in total. The summed E-state index contributed by atoms with van der Waals surface area (Å²) in [5.74, 6) is -0.162. The van der Waals surface area contributed by atoms with Crippen molar-refractivity contribution < 1.29 is 28.7 Å². The molecule has 0 aromatic heterocycles. The molecule has 0 saturated carbocycles. The van der Waals surface area contributed by atoms with Crippen molar-refractivity contribution in [3.05, 3.63) is 65.7 Å². The molecule has 0 aliphatic carbocycles. The van der Waals surface area contributed by atoms with Crippen molar-refractivity contribution >= 4 is 35.5 Å². The van der Waals surface area contributed by atoms with E-state index in [9.17, 15) is 19.2 Å². The number of amides is 3. The summed E-state index contributed by atoms with van der Waals surface area (Å²) in [6.45, 7) is 0.240. The van der Waals surface area contributed by atoms with Crippen LogP contribution >= 0.6 is 11.8 Å². The highest BCUT2D eigenvalue weighted by molar-refractivity contribution is 7.98. The summed E-state index contributed by atoms with van der Waals surface area (Å²) in [5, 5.41) is 8.31. The summed E-state index contributed by atoms with van der Waals surface area (Å²) in [6.07, 6.45) is 3.22. The number of nitrogens with one attached hydrogen (secondary N) is 3. The molecule has 9 nitrogen and oxygen atoms in total. The van der Waals surface area contributed by atoms with Crippen molar-refractivity contribution in [2.45, 2.75) is 37.8 Å². The Morgan fingerprint density at radius 3 is 2.24 bits per heavy atom.